The van der Waals surface area contributed by atoms with E-state index in [9.17, 15) is 0 Å². The lowest BCUT2D eigenvalue weighted by Gasteiger charge is -2.37. The molecule has 1 heteroatoms. The van der Waals surface area contributed by atoms with Crippen LogP contribution in [-0.2, 0) is 6.42 Å². The van der Waals surface area contributed by atoms with Gasteiger partial charge in [-0.15, -0.1) is 0 Å². The summed E-state index contributed by atoms with van der Waals surface area (Å²) < 4.78 is 0. The molecule has 2 atom stereocenters. The fourth-order valence-electron chi connectivity index (χ4n) is 3.48. The summed E-state index contributed by atoms with van der Waals surface area (Å²) in [6.07, 6.45) is 6.62. The minimum Gasteiger partial charge on any atom is -0.309 e. The minimum absolute atomic E-state index is 0.620. The molecule has 1 aliphatic carbocycles. The topological polar surface area (TPSA) is 12.0 Å². The third-order valence-corrected chi connectivity index (χ3v) is 4.20. The second kappa shape index (κ2) is 4.21. The van der Waals surface area contributed by atoms with E-state index in [1.165, 1.54) is 38.6 Å². The van der Waals surface area contributed by atoms with Crippen molar-refractivity contribution in [1.29, 1.82) is 0 Å². The van der Waals surface area contributed by atoms with Gasteiger partial charge in [0.15, 0.2) is 0 Å². The lowest BCUT2D eigenvalue weighted by molar-refractivity contribution is 0.400. The van der Waals surface area contributed by atoms with Crippen LogP contribution in [0.1, 0.15) is 61.3 Å². The van der Waals surface area contributed by atoms with Crippen molar-refractivity contribution in [3.8, 4) is 0 Å². The Balaban J connectivity index is 2.04. The van der Waals surface area contributed by atoms with Gasteiger partial charge in [-0.2, -0.15) is 0 Å². The molecule has 2 aliphatic rings. The molecule has 1 nitrogen and oxygen atoms in total. The van der Waals surface area contributed by atoms with Gasteiger partial charge in [-0.25, -0.2) is 0 Å². The van der Waals surface area contributed by atoms with E-state index in [2.05, 4.69) is 30.4 Å². The molecule has 1 aromatic carbocycles. The fraction of sp³-hybridized carbons (Fsp3) is 0.600. The molecule has 1 aliphatic heterocycles. The molecule has 0 spiro atoms. The van der Waals surface area contributed by atoms with Crippen molar-refractivity contribution in [2.24, 2.45) is 0 Å². The molecule has 86 valence electrons. The van der Waals surface area contributed by atoms with E-state index in [1.54, 1.807) is 16.7 Å². The van der Waals surface area contributed by atoms with Gasteiger partial charge in [0.2, 0.25) is 0 Å². The molecule has 16 heavy (non-hydrogen) atoms. The summed E-state index contributed by atoms with van der Waals surface area (Å²) in [5, 5.41) is 3.74. The highest BCUT2D eigenvalue weighted by Crippen LogP contribution is 2.40. The highest BCUT2D eigenvalue weighted by molar-refractivity contribution is 5.43. The zero-order valence-corrected chi connectivity index (χ0v) is 10.1. The van der Waals surface area contributed by atoms with Crippen LogP contribution in [0.5, 0.6) is 0 Å². The third kappa shape index (κ3) is 1.58. The average Bonchev–Trinajstić information content (AvgIpc) is 2.33. The van der Waals surface area contributed by atoms with E-state index in [0.29, 0.717) is 6.04 Å². The molecule has 0 amide bonds. The monoisotopic (exact) mass is 215 g/mol. The number of benzene rings is 1. The first-order valence-corrected chi connectivity index (χ1v) is 6.75. The molecular weight excluding hydrogens is 194 g/mol. The lowest BCUT2D eigenvalue weighted by Crippen LogP contribution is -2.35. The maximum absolute atomic E-state index is 3.74. The van der Waals surface area contributed by atoms with E-state index < -0.39 is 0 Å². The predicted molar refractivity (Wildman–Crippen MR) is 67.8 cm³/mol. The summed E-state index contributed by atoms with van der Waals surface area (Å²) in [6.45, 7) is 3.48. The minimum atomic E-state index is 0.620. The van der Waals surface area contributed by atoms with Gasteiger partial charge in [0.05, 0.1) is 0 Å². The van der Waals surface area contributed by atoms with Crippen LogP contribution in [0.2, 0.25) is 0 Å². The Bertz CT molecular complexity index is 383. The second-order valence-corrected chi connectivity index (χ2v) is 5.26. The lowest BCUT2D eigenvalue weighted by atomic mass is 9.75. The third-order valence-electron chi connectivity index (χ3n) is 4.20. The van der Waals surface area contributed by atoms with E-state index >= 15 is 0 Å². The van der Waals surface area contributed by atoms with E-state index in [-0.39, 0.29) is 0 Å². The average molecular weight is 215 g/mol. The SMILES string of the molecule is CCCC1NCC2CCCc3cccc1c32. The van der Waals surface area contributed by atoms with Crippen LogP contribution in [0.3, 0.4) is 0 Å². The molecule has 1 N–H and O–H groups in total. The molecule has 0 saturated carbocycles. The van der Waals surface area contributed by atoms with Gasteiger partial charge in [0.25, 0.3) is 0 Å². The highest BCUT2D eigenvalue weighted by Gasteiger charge is 2.29. The van der Waals surface area contributed by atoms with Crippen LogP contribution in [0.15, 0.2) is 18.2 Å². The molecule has 1 aromatic rings. The highest BCUT2D eigenvalue weighted by atomic mass is 14.9. The molecule has 0 fully saturated rings. The molecule has 1 heterocycles. The van der Waals surface area contributed by atoms with Crippen LogP contribution in [0.25, 0.3) is 0 Å². The van der Waals surface area contributed by atoms with Gasteiger partial charge < -0.3 is 5.32 Å². The van der Waals surface area contributed by atoms with Crippen molar-refractivity contribution < 1.29 is 0 Å². The van der Waals surface area contributed by atoms with Crippen molar-refractivity contribution in [3.63, 3.8) is 0 Å². The predicted octanol–water partition coefficient (Wildman–Crippen LogP) is 3.55. The van der Waals surface area contributed by atoms with Crippen molar-refractivity contribution in [1.82, 2.24) is 5.32 Å². The van der Waals surface area contributed by atoms with E-state index in [4.69, 9.17) is 0 Å². The molecule has 0 radical (unpaired) electrons. The summed E-state index contributed by atoms with van der Waals surface area (Å²) in [5.41, 5.74) is 4.96. The molecular formula is C15H21N. The van der Waals surface area contributed by atoms with E-state index in [1.807, 2.05) is 0 Å². The van der Waals surface area contributed by atoms with Gasteiger partial charge in [-0.3, -0.25) is 0 Å². The van der Waals surface area contributed by atoms with Crippen LogP contribution < -0.4 is 5.32 Å². The number of nitrogens with one attached hydrogen (secondary N) is 1. The maximum Gasteiger partial charge on any atom is 0.0323 e. The first kappa shape index (κ1) is 10.3. The zero-order chi connectivity index (χ0) is 11.0. The van der Waals surface area contributed by atoms with Gasteiger partial charge in [0, 0.05) is 12.6 Å². The van der Waals surface area contributed by atoms with Crippen molar-refractivity contribution in [2.45, 2.75) is 51.0 Å². The molecule has 0 bridgehead atoms. The fourth-order valence-corrected chi connectivity index (χ4v) is 3.48. The Hall–Kier alpha value is -0.820. The summed E-state index contributed by atoms with van der Waals surface area (Å²) in [5.74, 6) is 0.799. The van der Waals surface area contributed by atoms with Crippen LogP contribution in [-0.4, -0.2) is 6.54 Å². The number of hydrogen-bond donors (Lipinski definition) is 1. The van der Waals surface area contributed by atoms with Crippen LogP contribution in [0, 0.1) is 0 Å². The summed E-state index contributed by atoms with van der Waals surface area (Å²) in [6, 6.07) is 7.57. The molecule has 0 saturated heterocycles. The van der Waals surface area contributed by atoms with Crippen LogP contribution in [0.4, 0.5) is 0 Å². The smallest absolute Gasteiger partial charge is 0.0323 e. The second-order valence-electron chi connectivity index (χ2n) is 5.26. The number of aryl methyl sites for hydroxylation is 1. The van der Waals surface area contributed by atoms with Crippen molar-refractivity contribution in [2.75, 3.05) is 6.54 Å². The molecule has 3 rings (SSSR count). The normalized spacial score (nSPS) is 27.6. The number of hydrogen-bond acceptors (Lipinski definition) is 1. The Kier molecular flexibility index (Phi) is 2.72. The molecule has 0 aromatic heterocycles. The Morgan fingerprint density at radius 2 is 2.31 bits per heavy atom. The zero-order valence-electron chi connectivity index (χ0n) is 10.1. The molecule has 2 unspecified atom stereocenters. The standard InChI is InChI=1S/C15H21N/c1-2-5-14-13-9-4-7-11-6-3-8-12(10-16-14)15(11)13/h4,7,9,12,14,16H,2-3,5-6,8,10H2,1H3. The Labute approximate surface area is 98.3 Å². The van der Waals surface area contributed by atoms with Crippen LogP contribution >= 0.6 is 0 Å². The first-order valence-electron chi connectivity index (χ1n) is 6.75. The van der Waals surface area contributed by atoms with Gasteiger partial charge in [0.1, 0.15) is 0 Å². The van der Waals surface area contributed by atoms with Gasteiger partial charge in [-0.1, -0.05) is 31.5 Å². The Morgan fingerprint density at radius 1 is 1.38 bits per heavy atom. The van der Waals surface area contributed by atoms with Gasteiger partial charge >= 0.3 is 0 Å². The number of rotatable bonds is 2. The first-order chi connectivity index (χ1) is 7.90. The Morgan fingerprint density at radius 3 is 3.19 bits per heavy atom. The largest absolute Gasteiger partial charge is 0.309 e. The van der Waals surface area contributed by atoms with Crippen molar-refractivity contribution >= 4 is 0 Å². The van der Waals surface area contributed by atoms with E-state index in [0.717, 1.165) is 5.92 Å². The quantitative estimate of drug-likeness (QED) is 0.795. The summed E-state index contributed by atoms with van der Waals surface area (Å²) in [4.78, 5) is 0. The summed E-state index contributed by atoms with van der Waals surface area (Å²) in [7, 11) is 0. The summed E-state index contributed by atoms with van der Waals surface area (Å²) >= 11 is 0. The van der Waals surface area contributed by atoms with Gasteiger partial charge in [-0.05, 0) is 48.3 Å². The van der Waals surface area contributed by atoms with Crippen molar-refractivity contribution in [3.05, 3.63) is 34.9 Å². The maximum atomic E-state index is 3.74.